The molecule has 0 fully saturated rings. The van der Waals surface area contributed by atoms with Crippen molar-refractivity contribution in [2.45, 2.75) is 17.9 Å². The van der Waals surface area contributed by atoms with Gasteiger partial charge in [0.25, 0.3) is 0 Å². The fraction of sp³-hybridized carbons (Fsp3) is 0.200. The SMILES string of the molecule is CSc1ccccc1C(N)c1cc(C)cc(F)c1. The Bertz CT molecular complexity index is 534. The Kier molecular flexibility index (Phi) is 4.04. The number of hydrogen-bond donors (Lipinski definition) is 1. The minimum absolute atomic E-state index is 0.234. The molecule has 0 saturated heterocycles. The van der Waals surface area contributed by atoms with Crippen molar-refractivity contribution >= 4 is 11.8 Å². The highest BCUT2D eigenvalue weighted by molar-refractivity contribution is 7.98. The summed E-state index contributed by atoms with van der Waals surface area (Å²) in [5.74, 6) is -0.234. The quantitative estimate of drug-likeness (QED) is 0.848. The fourth-order valence-corrected chi connectivity index (χ4v) is 2.69. The second-order valence-corrected chi connectivity index (χ2v) is 5.13. The van der Waals surface area contributed by atoms with Gasteiger partial charge >= 0.3 is 0 Å². The molecule has 94 valence electrons. The summed E-state index contributed by atoms with van der Waals surface area (Å²) in [5.41, 5.74) is 8.99. The molecule has 18 heavy (non-hydrogen) atoms. The molecule has 2 aromatic rings. The summed E-state index contributed by atoms with van der Waals surface area (Å²) in [4.78, 5) is 1.13. The van der Waals surface area contributed by atoms with Crippen LogP contribution in [0, 0.1) is 12.7 Å². The molecule has 0 radical (unpaired) electrons. The van der Waals surface area contributed by atoms with Gasteiger partial charge < -0.3 is 5.73 Å². The zero-order valence-corrected chi connectivity index (χ0v) is 11.3. The molecule has 0 spiro atoms. The lowest BCUT2D eigenvalue weighted by molar-refractivity contribution is 0.622. The average Bonchev–Trinajstić information content (AvgIpc) is 2.36. The van der Waals surface area contributed by atoms with Crippen LogP contribution in [0.3, 0.4) is 0 Å². The van der Waals surface area contributed by atoms with E-state index in [1.54, 1.807) is 11.8 Å². The Morgan fingerprint density at radius 3 is 2.56 bits per heavy atom. The van der Waals surface area contributed by atoms with Gasteiger partial charge in [-0.2, -0.15) is 0 Å². The highest BCUT2D eigenvalue weighted by Gasteiger charge is 2.13. The second-order valence-electron chi connectivity index (χ2n) is 4.28. The van der Waals surface area contributed by atoms with Crippen molar-refractivity contribution in [1.29, 1.82) is 0 Å². The van der Waals surface area contributed by atoms with Crippen LogP contribution in [0.15, 0.2) is 47.4 Å². The van der Waals surface area contributed by atoms with Gasteiger partial charge in [-0.15, -0.1) is 11.8 Å². The number of aryl methyl sites for hydroxylation is 1. The summed E-state index contributed by atoms with van der Waals surface area (Å²) >= 11 is 1.65. The van der Waals surface area contributed by atoms with Gasteiger partial charge in [-0.3, -0.25) is 0 Å². The zero-order valence-electron chi connectivity index (χ0n) is 10.5. The standard InChI is InChI=1S/C15H16FNS/c1-10-7-11(9-12(16)8-10)15(17)13-5-3-4-6-14(13)18-2/h3-9,15H,17H2,1-2H3. The maximum Gasteiger partial charge on any atom is 0.123 e. The number of rotatable bonds is 3. The molecule has 0 amide bonds. The van der Waals surface area contributed by atoms with Gasteiger partial charge in [0.2, 0.25) is 0 Å². The van der Waals surface area contributed by atoms with E-state index in [2.05, 4.69) is 0 Å². The normalized spacial score (nSPS) is 12.4. The van der Waals surface area contributed by atoms with Crippen LogP contribution in [0.1, 0.15) is 22.7 Å². The van der Waals surface area contributed by atoms with Crippen LogP contribution >= 0.6 is 11.8 Å². The molecule has 1 nitrogen and oxygen atoms in total. The molecule has 1 atom stereocenters. The molecule has 2 rings (SSSR count). The molecule has 1 unspecified atom stereocenters. The van der Waals surface area contributed by atoms with Gasteiger partial charge in [0, 0.05) is 4.90 Å². The Balaban J connectivity index is 2.44. The molecular formula is C15H16FNS. The van der Waals surface area contributed by atoms with E-state index in [0.717, 1.165) is 21.6 Å². The predicted octanol–water partition coefficient (Wildman–Crippen LogP) is 3.90. The molecule has 0 aliphatic carbocycles. The van der Waals surface area contributed by atoms with Crippen LogP contribution < -0.4 is 5.73 Å². The molecule has 0 aromatic heterocycles. The monoisotopic (exact) mass is 261 g/mol. The lowest BCUT2D eigenvalue weighted by Gasteiger charge is -2.16. The Hall–Kier alpha value is -1.32. The van der Waals surface area contributed by atoms with Gasteiger partial charge in [0.1, 0.15) is 5.82 Å². The van der Waals surface area contributed by atoms with E-state index in [1.807, 2.05) is 43.5 Å². The van der Waals surface area contributed by atoms with Crippen LogP contribution in [-0.2, 0) is 0 Å². The molecular weight excluding hydrogens is 245 g/mol. The van der Waals surface area contributed by atoms with Crippen LogP contribution in [-0.4, -0.2) is 6.26 Å². The van der Waals surface area contributed by atoms with Gasteiger partial charge in [-0.25, -0.2) is 4.39 Å². The van der Waals surface area contributed by atoms with Crippen LogP contribution in [0.4, 0.5) is 4.39 Å². The Morgan fingerprint density at radius 2 is 1.89 bits per heavy atom. The molecule has 2 aromatic carbocycles. The highest BCUT2D eigenvalue weighted by Crippen LogP contribution is 2.29. The lowest BCUT2D eigenvalue weighted by Crippen LogP contribution is -2.13. The lowest BCUT2D eigenvalue weighted by atomic mass is 9.98. The number of nitrogens with two attached hydrogens (primary N) is 1. The van der Waals surface area contributed by atoms with E-state index in [0.29, 0.717) is 0 Å². The van der Waals surface area contributed by atoms with E-state index < -0.39 is 0 Å². The number of halogens is 1. The summed E-state index contributed by atoms with van der Waals surface area (Å²) in [7, 11) is 0. The van der Waals surface area contributed by atoms with Gasteiger partial charge in [-0.05, 0) is 48.1 Å². The van der Waals surface area contributed by atoms with Crippen molar-refractivity contribution in [2.75, 3.05) is 6.26 Å². The first-order valence-corrected chi connectivity index (χ1v) is 7.00. The largest absolute Gasteiger partial charge is 0.320 e. The van der Waals surface area contributed by atoms with Crippen molar-refractivity contribution in [3.05, 3.63) is 65.0 Å². The first-order chi connectivity index (χ1) is 8.61. The maximum atomic E-state index is 13.4. The summed E-state index contributed by atoms with van der Waals surface area (Å²) in [6, 6.07) is 12.6. The summed E-state index contributed by atoms with van der Waals surface area (Å²) < 4.78 is 13.4. The summed E-state index contributed by atoms with van der Waals surface area (Å²) in [5, 5.41) is 0. The van der Waals surface area contributed by atoms with E-state index in [1.165, 1.54) is 12.1 Å². The van der Waals surface area contributed by atoms with Crippen molar-refractivity contribution in [3.8, 4) is 0 Å². The highest BCUT2D eigenvalue weighted by atomic mass is 32.2. The van der Waals surface area contributed by atoms with Crippen LogP contribution in [0.2, 0.25) is 0 Å². The molecule has 0 bridgehead atoms. The third-order valence-corrected chi connectivity index (χ3v) is 3.71. The van der Waals surface area contributed by atoms with Gasteiger partial charge in [0.05, 0.1) is 6.04 Å². The minimum atomic E-state index is -0.289. The second kappa shape index (κ2) is 5.55. The molecule has 0 heterocycles. The van der Waals surface area contributed by atoms with E-state index in [-0.39, 0.29) is 11.9 Å². The van der Waals surface area contributed by atoms with Crippen molar-refractivity contribution in [2.24, 2.45) is 5.73 Å². The van der Waals surface area contributed by atoms with Gasteiger partial charge in [0.15, 0.2) is 0 Å². The average molecular weight is 261 g/mol. The van der Waals surface area contributed by atoms with Crippen molar-refractivity contribution in [1.82, 2.24) is 0 Å². The smallest absolute Gasteiger partial charge is 0.123 e. The first-order valence-electron chi connectivity index (χ1n) is 5.77. The Morgan fingerprint density at radius 1 is 1.17 bits per heavy atom. The predicted molar refractivity (Wildman–Crippen MR) is 75.4 cm³/mol. The maximum absolute atomic E-state index is 13.4. The number of hydrogen-bond acceptors (Lipinski definition) is 2. The summed E-state index contributed by atoms with van der Waals surface area (Å²) in [6.45, 7) is 1.87. The molecule has 0 saturated carbocycles. The van der Waals surface area contributed by atoms with E-state index in [9.17, 15) is 4.39 Å². The van der Waals surface area contributed by atoms with Gasteiger partial charge in [-0.1, -0.05) is 24.3 Å². The summed E-state index contributed by atoms with van der Waals surface area (Å²) in [6.07, 6.45) is 2.02. The van der Waals surface area contributed by atoms with Crippen LogP contribution in [0.5, 0.6) is 0 Å². The van der Waals surface area contributed by atoms with Crippen molar-refractivity contribution in [3.63, 3.8) is 0 Å². The molecule has 3 heteroatoms. The molecule has 0 aliphatic rings. The third kappa shape index (κ3) is 2.74. The first kappa shape index (κ1) is 13.1. The minimum Gasteiger partial charge on any atom is -0.320 e. The van der Waals surface area contributed by atoms with Crippen LogP contribution in [0.25, 0.3) is 0 Å². The molecule has 0 aliphatic heterocycles. The number of thioether (sulfide) groups is 1. The zero-order chi connectivity index (χ0) is 13.1. The van der Waals surface area contributed by atoms with Crippen molar-refractivity contribution < 1.29 is 4.39 Å². The fourth-order valence-electron chi connectivity index (χ4n) is 2.05. The topological polar surface area (TPSA) is 26.0 Å². The number of benzene rings is 2. The van der Waals surface area contributed by atoms with E-state index >= 15 is 0 Å². The Labute approximate surface area is 111 Å². The third-order valence-electron chi connectivity index (χ3n) is 2.90. The van der Waals surface area contributed by atoms with E-state index in [4.69, 9.17) is 5.73 Å². The molecule has 2 N–H and O–H groups in total.